The van der Waals surface area contributed by atoms with Crippen molar-refractivity contribution in [2.45, 2.75) is 152 Å². The molecule has 0 bridgehead atoms. The average molecular weight is 1810 g/mol. The van der Waals surface area contributed by atoms with Gasteiger partial charge in [-0.25, -0.2) is 31.1 Å². The van der Waals surface area contributed by atoms with Gasteiger partial charge in [0.05, 0.1) is 99.5 Å². The minimum atomic E-state index is -2.76. The largest absolute Gasteiger partial charge is 0.462 e. The van der Waals surface area contributed by atoms with E-state index in [0.717, 1.165) is 136 Å². The quantitative estimate of drug-likeness (QED) is 0.0478. The molecule has 2 amide bonds. The minimum Gasteiger partial charge on any atom is -0.462 e. The summed E-state index contributed by atoms with van der Waals surface area (Å²) in [5, 5.41) is 35.5. The highest BCUT2D eigenvalue weighted by Crippen LogP contribution is 2.43. The van der Waals surface area contributed by atoms with Gasteiger partial charge in [-0.1, -0.05) is 154 Å². The number of hydrogen-bond acceptors (Lipinski definition) is 24. The second-order valence-electron chi connectivity index (χ2n) is 35.8. The SMILES string of the molecule is C.C=CC(=O)N1CCN(c2nc(OC[C@@H]3CC(F)(F)CN3C)nc3c2CCN(c2cccc4ccccc24)C3)C[C@@H]1CC#N.CN1CC(F)(F)C[C@H]1COc1nc2c(c(N3CCC[C@@H](CC#N)C3)n1)CCN(c1cccc3ccccc13)C2.CN1CC(F)(F)C[C@H]1COc1nc2c(c(N3CCN(C(=O)OCc4ccccc4)[C@@H](CC#N)C3)n1)CCN(c1cccc3ccccc13)C2.[2HH]. The Labute approximate surface area is 767 Å². The maximum atomic E-state index is 14.1. The summed E-state index contributed by atoms with van der Waals surface area (Å²) in [6.07, 6.45) is 5.10. The van der Waals surface area contributed by atoms with Gasteiger partial charge in [-0.05, 0) is 105 Å². The molecule has 3 aromatic heterocycles. The summed E-state index contributed by atoms with van der Waals surface area (Å²) in [6.45, 7) is 11.3. The smallest absolute Gasteiger partial charge is 0.410 e. The number of ether oxygens (including phenoxy) is 4. The van der Waals surface area contributed by atoms with Crippen LogP contribution in [0, 0.1) is 39.9 Å². The van der Waals surface area contributed by atoms with Crippen LogP contribution < -0.4 is 43.6 Å². The first-order chi connectivity index (χ1) is 63.4. The predicted octanol–water partition coefficient (Wildman–Crippen LogP) is 15.6. The van der Waals surface area contributed by atoms with Crippen molar-refractivity contribution in [2.75, 3.05) is 162 Å². The highest BCUT2D eigenvalue weighted by Gasteiger charge is 2.47. The second-order valence-corrected chi connectivity index (χ2v) is 35.8. The third-order valence-electron chi connectivity index (χ3n) is 26.8. The average Bonchev–Trinajstić information content (AvgIpc) is 1.74. The van der Waals surface area contributed by atoms with Crippen LogP contribution in [0.15, 0.2) is 170 Å². The normalized spacial score (nSPS) is 21.6. The van der Waals surface area contributed by atoms with Gasteiger partial charge in [0.15, 0.2) is 0 Å². The highest BCUT2D eigenvalue weighted by atomic mass is 19.3. The van der Waals surface area contributed by atoms with E-state index in [-0.39, 0.29) is 123 Å². The summed E-state index contributed by atoms with van der Waals surface area (Å²) in [7, 11) is 5.06. The van der Waals surface area contributed by atoms with Gasteiger partial charge in [-0.2, -0.15) is 45.7 Å². The number of carbonyl (C=O) groups excluding carboxylic acids is 2. The van der Waals surface area contributed by atoms with E-state index in [1.807, 2.05) is 54.6 Å². The standard InChI is InChI=1S/C37H39F2N7O3.C32H35F2N7O2.C30H34F2N6O.CH4.H2/c1-43-25-37(38,39)20-29(43)24-48-35-41-32-22-44(33-13-7-11-27-10-5-6-12-30(27)33)17-15-31(32)34(42-35)45-18-19-46(28(21-45)14-16-40)36(47)49-23-26-8-3-2-4-9-26;1-3-29(42)41-16-15-40(18-23(41)11-13-35)30-26-12-14-39(28-10-6-8-22-7-4-5-9-25(22)28)19-27(26)36-31(37-30)43-20-24-17-32(33,34)21-38(24)2;1-36-20-30(31,32)16-23(36)19-39-29-34-26-18-37(27-10-4-8-22-7-2-3-9-24(22)27)15-12-25(26)28(35-29)38-14-5-6-21(17-38)11-13-33;;/h2-13,28-29H,14-15,17-25H2,1H3;3-10,23-24H,1,11-12,14-21H2,2H3;2-4,7-10,21,23H,5-6,11-12,14-20H2,1H3;1H4;1H/t28-,29-;23-,24-;21-,23-;;/m000../s1/i;;;;1+1. The van der Waals surface area contributed by atoms with Crippen molar-refractivity contribution in [3.63, 3.8) is 0 Å². The number of likely N-dealkylation sites (N-methyl/N-ethyl adjacent to an activating group) is 3. The topological polar surface area (TPSA) is 255 Å². The number of rotatable bonds is 21. The molecule has 0 saturated carbocycles. The van der Waals surface area contributed by atoms with Crippen LogP contribution in [-0.2, 0) is 55.0 Å². The Morgan fingerprint density at radius 3 is 1.18 bits per heavy atom. The van der Waals surface area contributed by atoms with E-state index < -0.39 is 42.0 Å². The Morgan fingerprint density at radius 2 is 0.803 bits per heavy atom. The number of hydrogen-bond donors (Lipinski definition) is 0. The van der Waals surface area contributed by atoms with E-state index in [1.165, 1.54) is 22.5 Å². The van der Waals surface area contributed by atoms with Gasteiger partial charge in [0.1, 0.15) is 43.9 Å². The van der Waals surface area contributed by atoms with Gasteiger partial charge in [0.25, 0.3) is 17.8 Å². The van der Waals surface area contributed by atoms with Gasteiger partial charge in [-0.15, -0.1) is 0 Å². The summed E-state index contributed by atoms with van der Waals surface area (Å²) in [6, 6.07) is 58.6. The van der Waals surface area contributed by atoms with Gasteiger partial charge >= 0.3 is 24.1 Å². The monoisotopic (exact) mass is 1810 g/mol. The second kappa shape index (κ2) is 40.5. The summed E-state index contributed by atoms with van der Waals surface area (Å²) in [5.41, 5.74) is 9.96. The maximum Gasteiger partial charge on any atom is 0.410 e. The molecule has 6 atom stereocenters. The Hall–Kier alpha value is -12.8. The van der Waals surface area contributed by atoms with Crippen molar-refractivity contribution in [3.05, 3.63) is 210 Å². The van der Waals surface area contributed by atoms with E-state index >= 15 is 0 Å². The highest BCUT2D eigenvalue weighted by molar-refractivity contribution is 5.96. The van der Waals surface area contributed by atoms with Crippen LogP contribution in [0.1, 0.15) is 99.6 Å². The van der Waals surface area contributed by atoms with Crippen molar-refractivity contribution in [1.29, 1.82) is 15.8 Å². The van der Waals surface area contributed by atoms with Crippen LogP contribution in [0.3, 0.4) is 0 Å². The van der Waals surface area contributed by atoms with E-state index in [1.54, 1.807) is 45.6 Å². The number of nitriles is 3. The maximum absolute atomic E-state index is 14.1. The van der Waals surface area contributed by atoms with E-state index in [2.05, 4.69) is 157 Å². The minimum absolute atomic E-state index is 0. The summed E-state index contributed by atoms with van der Waals surface area (Å²) < 4.78 is 108. The lowest BCUT2D eigenvalue weighted by Crippen LogP contribution is -2.55. The zero-order valence-corrected chi connectivity index (χ0v) is 74.0. The molecule has 692 valence electrons. The number of anilines is 6. The molecule has 9 aliphatic rings. The molecule has 7 aromatic carbocycles. The summed E-state index contributed by atoms with van der Waals surface area (Å²) >= 11 is 0. The molecule has 0 aliphatic carbocycles. The predicted molar refractivity (Wildman–Crippen MR) is 498 cm³/mol. The number of benzene rings is 7. The Morgan fingerprint density at radius 1 is 0.439 bits per heavy atom. The van der Waals surface area contributed by atoms with Crippen LogP contribution in [0.2, 0.25) is 0 Å². The van der Waals surface area contributed by atoms with Crippen LogP contribution in [0.4, 0.5) is 65.7 Å². The molecule has 10 aromatic rings. The Bertz CT molecular complexity index is 5940. The van der Waals surface area contributed by atoms with Crippen LogP contribution in [-0.4, -0.2) is 247 Å². The number of fused-ring (bicyclic) bond motifs is 6. The molecular formula is C100H114F6N20O6. The number of amides is 2. The first kappa shape index (κ1) is 92.4. The van der Waals surface area contributed by atoms with E-state index in [9.17, 15) is 51.7 Å². The van der Waals surface area contributed by atoms with E-state index in [0.29, 0.717) is 89.9 Å². The van der Waals surface area contributed by atoms with Gasteiger partial charge in [0.2, 0.25) is 5.91 Å². The fraction of sp³-hybridized carbons (Fsp3) is 0.450. The zero-order valence-electron chi connectivity index (χ0n) is 74.0. The van der Waals surface area contributed by atoms with Gasteiger partial charge in [-0.3, -0.25) is 19.5 Å². The number of piperidine rings is 1. The Kier molecular flexibility index (Phi) is 28.4. The molecular weight excluding hydrogens is 1690 g/mol. The van der Waals surface area contributed by atoms with Crippen LogP contribution in [0.5, 0.6) is 18.0 Å². The van der Waals surface area contributed by atoms with Crippen molar-refractivity contribution < 1.29 is 56.3 Å². The number of likely N-dealkylation sites (tertiary alicyclic amines) is 3. The zero-order chi connectivity index (χ0) is 91.1. The number of carbonyl (C=O) groups is 2. The number of aromatic nitrogens is 6. The fourth-order valence-electron chi connectivity index (χ4n) is 20.1. The van der Waals surface area contributed by atoms with Crippen molar-refractivity contribution in [3.8, 4) is 36.2 Å². The number of piperazine rings is 2. The fourth-order valence-corrected chi connectivity index (χ4v) is 20.1. The van der Waals surface area contributed by atoms with Crippen molar-refractivity contribution in [1.82, 2.24) is 54.4 Å². The molecule has 0 spiro atoms. The number of halogens is 6. The molecule has 32 heteroatoms. The molecule has 26 nitrogen and oxygen atoms in total. The third kappa shape index (κ3) is 21.0. The molecule has 6 saturated heterocycles. The summed E-state index contributed by atoms with van der Waals surface area (Å²) in [4.78, 5) is 76.4. The Balaban J connectivity index is 0.000000152. The lowest BCUT2D eigenvalue weighted by atomic mass is 9.94. The molecule has 132 heavy (non-hydrogen) atoms. The van der Waals surface area contributed by atoms with Gasteiger partial charge in [0, 0.05) is 167 Å². The van der Waals surface area contributed by atoms with Gasteiger partial charge < -0.3 is 58.1 Å². The van der Waals surface area contributed by atoms with Crippen LogP contribution in [0.25, 0.3) is 32.3 Å². The number of alkyl halides is 6. The molecule has 19 rings (SSSR count). The van der Waals surface area contributed by atoms with E-state index in [4.69, 9.17) is 48.9 Å². The molecule has 0 radical (unpaired) electrons. The first-order valence-corrected chi connectivity index (χ1v) is 45.2. The summed E-state index contributed by atoms with van der Waals surface area (Å²) in [5.74, 6) is -5.81. The molecule has 6 fully saturated rings. The number of nitrogens with zero attached hydrogens (tertiary/aromatic N) is 20. The van der Waals surface area contributed by atoms with Crippen molar-refractivity contribution in [2.24, 2.45) is 5.92 Å². The first-order valence-electron chi connectivity index (χ1n) is 45.2. The van der Waals surface area contributed by atoms with Crippen LogP contribution >= 0.6 is 0 Å². The lowest BCUT2D eigenvalue weighted by molar-refractivity contribution is -0.128. The molecule has 0 N–H and O–H groups in total. The lowest BCUT2D eigenvalue weighted by Gasteiger charge is -2.42. The molecule has 12 heterocycles. The molecule has 0 unspecified atom stereocenters. The molecule has 9 aliphatic heterocycles. The van der Waals surface area contributed by atoms with Crippen molar-refractivity contribution >= 4 is 78.8 Å². The third-order valence-corrected chi connectivity index (χ3v) is 26.8.